The molecular weight excluding hydrogens is 212 g/mol. The van der Waals surface area contributed by atoms with Crippen LogP contribution in [0.1, 0.15) is 20.3 Å². The van der Waals surface area contributed by atoms with E-state index in [-0.39, 0.29) is 11.3 Å². The molecular formula is C11H19ClN2O. The molecule has 0 radical (unpaired) electrons. The first kappa shape index (κ1) is 12.5. The normalized spacial score (nSPS) is 25.6. The average molecular weight is 231 g/mol. The molecule has 15 heavy (non-hydrogen) atoms. The molecule has 1 aliphatic rings. The van der Waals surface area contributed by atoms with Crippen molar-refractivity contribution in [3.8, 4) is 0 Å². The highest BCUT2D eigenvalue weighted by Crippen LogP contribution is 2.34. The van der Waals surface area contributed by atoms with Crippen LogP contribution in [-0.2, 0) is 4.79 Å². The van der Waals surface area contributed by atoms with E-state index in [0.717, 1.165) is 19.5 Å². The second-order valence-corrected chi connectivity index (χ2v) is 4.97. The topological polar surface area (TPSA) is 41.1 Å². The predicted octanol–water partition coefficient (Wildman–Crippen LogP) is 1.49. The van der Waals surface area contributed by atoms with Gasteiger partial charge in [0.05, 0.1) is 12.0 Å². The molecule has 3 nitrogen and oxygen atoms in total. The Morgan fingerprint density at radius 1 is 1.67 bits per heavy atom. The Morgan fingerprint density at radius 2 is 2.33 bits per heavy atom. The maximum atomic E-state index is 12.1. The summed E-state index contributed by atoms with van der Waals surface area (Å²) in [6, 6.07) is 0. The number of nitrogens with one attached hydrogen (secondary N) is 2. The van der Waals surface area contributed by atoms with E-state index in [1.54, 1.807) is 0 Å². The standard InChI is InChI=1S/C11H19ClN2O/c1-8(2)11(4-5-13-7-11)10(15)14-6-9(3)12/h8,13H,3-7H2,1-2H3,(H,14,15). The van der Waals surface area contributed by atoms with Crippen molar-refractivity contribution >= 4 is 17.5 Å². The summed E-state index contributed by atoms with van der Waals surface area (Å²) in [6.07, 6.45) is 0.894. The lowest BCUT2D eigenvalue weighted by Gasteiger charge is -2.31. The zero-order valence-corrected chi connectivity index (χ0v) is 10.2. The van der Waals surface area contributed by atoms with E-state index < -0.39 is 0 Å². The molecule has 1 rings (SSSR count). The Bertz CT molecular complexity index is 257. The van der Waals surface area contributed by atoms with Gasteiger partial charge in [0.15, 0.2) is 0 Å². The molecule has 0 aromatic heterocycles. The molecule has 2 N–H and O–H groups in total. The Morgan fingerprint density at radius 3 is 2.73 bits per heavy atom. The quantitative estimate of drug-likeness (QED) is 0.769. The van der Waals surface area contributed by atoms with Crippen LogP contribution in [0.5, 0.6) is 0 Å². The number of carbonyl (C=O) groups excluding carboxylic acids is 1. The van der Waals surface area contributed by atoms with Crippen molar-refractivity contribution in [2.24, 2.45) is 11.3 Å². The second kappa shape index (κ2) is 4.99. The molecule has 0 bridgehead atoms. The number of rotatable bonds is 4. The Hall–Kier alpha value is -0.540. The maximum absolute atomic E-state index is 12.1. The second-order valence-electron chi connectivity index (χ2n) is 4.44. The zero-order chi connectivity index (χ0) is 11.5. The van der Waals surface area contributed by atoms with Crippen molar-refractivity contribution in [2.45, 2.75) is 20.3 Å². The minimum atomic E-state index is -0.271. The van der Waals surface area contributed by atoms with Crippen molar-refractivity contribution in [3.05, 3.63) is 11.6 Å². The van der Waals surface area contributed by atoms with E-state index in [1.165, 1.54) is 0 Å². The molecule has 4 heteroatoms. The maximum Gasteiger partial charge on any atom is 0.228 e. The first-order valence-corrected chi connectivity index (χ1v) is 5.69. The van der Waals surface area contributed by atoms with Crippen molar-refractivity contribution in [2.75, 3.05) is 19.6 Å². The summed E-state index contributed by atoms with van der Waals surface area (Å²) in [7, 11) is 0. The summed E-state index contributed by atoms with van der Waals surface area (Å²) >= 11 is 5.63. The zero-order valence-electron chi connectivity index (χ0n) is 9.40. The van der Waals surface area contributed by atoms with E-state index in [4.69, 9.17) is 11.6 Å². The fraction of sp³-hybridized carbons (Fsp3) is 0.727. The van der Waals surface area contributed by atoms with E-state index in [2.05, 4.69) is 31.1 Å². The van der Waals surface area contributed by atoms with Crippen LogP contribution in [0.15, 0.2) is 11.6 Å². The summed E-state index contributed by atoms with van der Waals surface area (Å²) in [5.74, 6) is 0.417. The first-order valence-electron chi connectivity index (χ1n) is 5.31. The molecule has 1 amide bonds. The number of carbonyl (C=O) groups is 1. The van der Waals surface area contributed by atoms with Crippen LogP contribution in [0.3, 0.4) is 0 Å². The Balaban J connectivity index is 2.64. The van der Waals surface area contributed by atoms with Crippen LogP contribution in [0.2, 0.25) is 0 Å². The Kier molecular flexibility index (Phi) is 4.17. The summed E-state index contributed by atoms with van der Waals surface area (Å²) < 4.78 is 0. The van der Waals surface area contributed by atoms with Gasteiger partial charge in [0, 0.05) is 11.6 Å². The average Bonchev–Trinajstić information content (AvgIpc) is 2.63. The fourth-order valence-electron chi connectivity index (χ4n) is 2.01. The minimum absolute atomic E-state index is 0.0873. The van der Waals surface area contributed by atoms with Gasteiger partial charge in [-0.15, -0.1) is 0 Å². The van der Waals surface area contributed by atoms with Crippen molar-refractivity contribution in [3.63, 3.8) is 0 Å². The lowest BCUT2D eigenvalue weighted by Crippen LogP contribution is -2.46. The van der Waals surface area contributed by atoms with Crippen molar-refractivity contribution < 1.29 is 4.79 Å². The van der Waals surface area contributed by atoms with Crippen LogP contribution in [-0.4, -0.2) is 25.5 Å². The number of hydrogen-bond acceptors (Lipinski definition) is 2. The molecule has 0 aromatic rings. The predicted molar refractivity (Wildman–Crippen MR) is 62.8 cm³/mol. The van der Waals surface area contributed by atoms with Gasteiger partial charge in [0.25, 0.3) is 0 Å². The van der Waals surface area contributed by atoms with Crippen LogP contribution >= 0.6 is 11.6 Å². The highest BCUT2D eigenvalue weighted by atomic mass is 35.5. The molecule has 0 spiro atoms. The molecule has 0 aliphatic carbocycles. The van der Waals surface area contributed by atoms with Crippen LogP contribution in [0.4, 0.5) is 0 Å². The molecule has 86 valence electrons. The van der Waals surface area contributed by atoms with Gasteiger partial charge >= 0.3 is 0 Å². The SMILES string of the molecule is C=C(Cl)CNC(=O)C1(C(C)C)CCNC1. The van der Waals surface area contributed by atoms with Gasteiger partial charge in [-0.3, -0.25) is 4.79 Å². The number of halogens is 1. The molecule has 1 unspecified atom stereocenters. The fourth-order valence-corrected chi connectivity index (χ4v) is 2.08. The van der Waals surface area contributed by atoms with E-state index in [0.29, 0.717) is 17.5 Å². The number of hydrogen-bond donors (Lipinski definition) is 2. The third-order valence-electron chi connectivity index (χ3n) is 3.19. The van der Waals surface area contributed by atoms with Gasteiger partial charge in [-0.2, -0.15) is 0 Å². The summed E-state index contributed by atoms with van der Waals surface area (Å²) in [4.78, 5) is 12.1. The molecule has 1 atom stereocenters. The monoisotopic (exact) mass is 230 g/mol. The summed E-state index contributed by atoms with van der Waals surface area (Å²) in [6.45, 7) is 9.75. The third kappa shape index (κ3) is 2.73. The van der Waals surface area contributed by atoms with Crippen LogP contribution < -0.4 is 10.6 Å². The highest BCUT2D eigenvalue weighted by molar-refractivity contribution is 6.29. The molecule has 1 saturated heterocycles. The lowest BCUT2D eigenvalue weighted by atomic mass is 9.75. The van der Waals surface area contributed by atoms with Crippen molar-refractivity contribution in [1.29, 1.82) is 0 Å². The van der Waals surface area contributed by atoms with Gasteiger partial charge < -0.3 is 10.6 Å². The molecule has 1 heterocycles. The van der Waals surface area contributed by atoms with E-state index in [1.807, 2.05) is 0 Å². The van der Waals surface area contributed by atoms with Gasteiger partial charge in [-0.05, 0) is 18.9 Å². The van der Waals surface area contributed by atoms with Gasteiger partial charge in [-0.25, -0.2) is 0 Å². The summed E-state index contributed by atoms with van der Waals surface area (Å²) in [5, 5.41) is 6.55. The van der Waals surface area contributed by atoms with Gasteiger partial charge in [0.2, 0.25) is 5.91 Å². The Labute approximate surface area is 96.3 Å². The van der Waals surface area contributed by atoms with E-state index >= 15 is 0 Å². The third-order valence-corrected chi connectivity index (χ3v) is 3.32. The van der Waals surface area contributed by atoms with Crippen LogP contribution in [0.25, 0.3) is 0 Å². The lowest BCUT2D eigenvalue weighted by molar-refractivity contribution is -0.132. The molecule has 0 aromatic carbocycles. The first-order chi connectivity index (χ1) is 6.99. The molecule has 1 aliphatic heterocycles. The van der Waals surface area contributed by atoms with Gasteiger partial charge in [0.1, 0.15) is 0 Å². The molecule has 1 fully saturated rings. The highest BCUT2D eigenvalue weighted by Gasteiger charge is 2.43. The van der Waals surface area contributed by atoms with Crippen LogP contribution in [0, 0.1) is 11.3 Å². The minimum Gasteiger partial charge on any atom is -0.351 e. The smallest absolute Gasteiger partial charge is 0.228 e. The summed E-state index contributed by atoms with van der Waals surface area (Å²) in [5.41, 5.74) is -0.271. The van der Waals surface area contributed by atoms with Crippen molar-refractivity contribution in [1.82, 2.24) is 10.6 Å². The largest absolute Gasteiger partial charge is 0.351 e. The van der Waals surface area contributed by atoms with E-state index in [9.17, 15) is 4.79 Å². The van der Waals surface area contributed by atoms with Gasteiger partial charge in [-0.1, -0.05) is 32.0 Å². The molecule has 0 saturated carbocycles. The number of amides is 1.